The fourth-order valence-electron chi connectivity index (χ4n) is 1.23. The molecule has 0 aromatic carbocycles. The summed E-state index contributed by atoms with van der Waals surface area (Å²) >= 11 is 0. The molecule has 0 unspecified atom stereocenters. The number of hydrogen-bond donors (Lipinski definition) is 2. The molecule has 0 saturated heterocycles. The maximum atomic E-state index is 11.3. The highest BCUT2D eigenvalue weighted by atomic mass is 32.2. The molecular formula is C10H17N3O2S. The Balaban J connectivity index is 2.22. The quantitative estimate of drug-likeness (QED) is 0.667. The second-order valence-corrected chi connectivity index (χ2v) is 5.28. The van der Waals surface area contributed by atoms with Crippen molar-refractivity contribution in [3.8, 4) is 0 Å². The fraction of sp³-hybridized carbons (Fsp3) is 0.500. The monoisotopic (exact) mass is 243 g/mol. The molecule has 1 rings (SSSR count). The Hall–Kier alpha value is -0.980. The van der Waals surface area contributed by atoms with Crippen molar-refractivity contribution in [1.29, 1.82) is 0 Å². The van der Waals surface area contributed by atoms with Gasteiger partial charge in [0.25, 0.3) is 0 Å². The molecule has 2 N–H and O–H groups in total. The zero-order valence-electron chi connectivity index (χ0n) is 9.31. The largest absolute Gasteiger partial charge is 0.312 e. The zero-order valence-corrected chi connectivity index (χ0v) is 10.1. The van der Waals surface area contributed by atoms with Gasteiger partial charge in [-0.3, -0.25) is 4.98 Å². The summed E-state index contributed by atoms with van der Waals surface area (Å²) in [7, 11) is -3.11. The summed E-state index contributed by atoms with van der Waals surface area (Å²) in [5.41, 5.74) is 1.09. The van der Waals surface area contributed by atoms with Crippen LogP contribution in [0.15, 0.2) is 24.5 Å². The van der Waals surface area contributed by atoms with Gasteiger partial charge in [0, 0.05) is 32.0 Å². The Morgan fingerprint density at radius 1 is 1.31 bits per heavy atom. The van der Waals surface area contributed by atoms with Crippen LogP contribution in [0.2, 0.25) is 0 Å². The van der Waals surface area contributed by atoms with Crippen LogP contribution in [0.1, 0.15) is 12.5 Å². The normalized spacial score (nSPS) is 11.6. The summed E-state index contributed by atoms with van der Waals surface area (Å²) in [6.45, 7) is 3.30. The van der Waals surface area contributed by atoms with E-state index in [4.69, 9.17) is 0 Å². The molecule has 6 heteroatoms. The fourth-order valence-corrected chi connectivity index (χ4v) is 2.23. The maximum absolute atomic E-state index is 11.3. The van der Waals surface area contributed by atoms with Crippen LogP contribution in [0.4, 0.5) is 0 Å². The van der Waals surface area contributed by atoms with Crippen molar-refractivity contribution in [2.45, 2.75) is 13.5 Å². The number of aromatic nitrogens is 1. The minimum atomic E-state index is -3.11. The lowest BCUT2D eigenvalue weighted by atomic mass is 10.3. The number of rotatable bonds is 7. The van der Waals surface area contributed by atoms with Gasteiger partial charge in [-0.1, -0.05) is 6.92 Å². The molecular weight excluding hydrogens is 226 g/mol. The molecule has 0 fully saturated rings. The van der Waals surface area contributed by atoms with E-state index < -0.39 is 10.0 Å². The second kappa shape index (κ2) is 6.57. The first-order valence-corrected chi connectivity index (χ1v) is 6.86. The van der Waals surface area contributed by atoms with Crippen molar-refractivity contribution in [3.63, 3.8) is 0 Å². The van der Waals surface area contributed by atoms with Crippen molar-refractivity contribution in [2.75, 3.05) is 18.8 Å². The molecule has 0 amide bonds. The van der Waals surface area contributed by atoms with Crippen molar-refractivity contribution in [3.05, 3.63) is 30.1 Å². The number of pyridine rings is 1. The predicted octanol–water partition coefficient (Wildman–Crippen LogP) is 0.111. The van der Waals surface area contributed by atoms with E-state index in [-0.39, 0.29) is 5.75 Å². The van der Waals surface area contributed by atoms with Gasteiger partial charge in [-0.05, 0) is 17.7 Å². The van der Waals surface area contributed by atoms with E-state index in [1.807, 2.05) is 12.1 Å². The van der Waals surface area contributed by atoms with Gasteiger partial charge in [0.05, 0.1) is 5.75 Å². The number of hydrogen-bond acceptors (Lipinski definition) is 4. The molecule has 5 nitrogen and oxygen atoms in total. The molecule has 1 aromatic heterocycles. The molecule has 0 aliphatic rings. The third kappa shape index (κ3) is 5.20. The molecule has 90 valence electrons. The van der Waals surface area contributed by atoms with Crippen LogP contribution in [0.25, 0.3) is 0 Å². The lowest BCUT2D eigenvalue weighted by molar-refractivity contribution is 0.578. The first kappa shape index (κ1) is 13.1. The Morgan fingerprint density at radius 2 is 2.00 bits per heavy atom. The van der Waals surface area contributed by atoms with Crippen molar-refractivity contribution >= 4 is 10.0 Å². The summed E-state index contributed by atoms with van der Waals surface area (Å²) in [6, 6.07) is 3.79. The Kier molecular flexibility index (Phi) is 5.37. The van der Waals surface area contributed by atoms with Gasteiger partial charge in [-0.25, -0.2) is 13.1 Å². The summed E-state index contributed by atoms with van der Waals surface area (Å²) in [4.78, 5) is 3.90. The molecule has 0 radical (unpaired) electrons. The SMILES string of the molecule is CCNS(=O)(=O)CCNCc1ccncc1. The van der Waals surface area contributed by atoms with Crippen molar-refractivity contribution in [1.82, 2.24) is 15.0 Å². The molecule has 0 atom stereocenters. The summed E-state index contributed by atoms with van der Waals surface area (Å²) in [6.07, 6.45) is 3.43. The van der Waals surface area contributed by atoms with Gasteiger partial charge in [-0.2, -0.15) is 0 Å². The van der Waals surface area contributed by atoms with Crippen LogP contribution in [0.5, 0.6) is 0 Å². The Labute approximate surface area is 96.3 Å². The predicted molar refractivity (Wildman–Crippen MR) is 63.4 cm³/mol. The van der Waals surface area contributed by atoms with Gasteiger partial charge in [0.2, 0.25) is 10.0 Å². The van der Waals surface area contributed by atoms with E-state index >= 15 is 0 Å². The lowest BCUT2D eigenvalue weighted by Gasteiger charge is -2.06. The second-order valence-electron chi connectivity index (χ2n) is 3.35. The standard InChI is InChI=1S/C10H17N3O2S/c1-2-13-16(14,15)8-7-12-9-10-3-5-11-6-4-10/h3-6,12-13H,2,7-9H2,1H3. The molecule has 1 aromatic rings. The molecule has 0 saturated carbocycles. The third-order valence-electron chi connectivity index (χ3n) is 1.99. The average molecular weight is 243 g/mol. The Bertz CT molecular complexity index is 392. The Morgan fingerprint density at radius 3 is 2.62 bits per heavy atom. The maximum Gasteiger partial charge on any atom is 0.212 e. The molecule has 0 spiro atoms. The van der Waals surface area contributed by atoms with Gasteiger partial charge < -0.3 is 5.32 Å². The smallest absolute Gasteiger partial charge is 0.212 e. The van der Waals surface area contributed by atoms with Crippen LogP contribution in [-0.2, 0) is 16.6 Å². The minimum absolute atomic E-state index is 0.103. The van der Waals surface area contributed by atoms with E-state index in [0.717, 1.165) is 5.56 Å². The summed E-state index contributed by atoms with van der Waals surface area (Å²) < 4.78 is 25.0. The van der Waals surface area contributed by atoms with E-state index in [0.29, 0.717) is 19.6 Å². The van der Waals surface area contributed by atoms with Crippen LogP contribution in [-0.4, -0.2) is 32.2 Å². The first-order chi connectivity index (χ1) is 7.64. The van der Waals surface area contributed by atoms with Gasteiger partial charge >= 0.3 is 0 Å². The number of nitrogens with one attached hydrogen (secondary N) is 2. The van der Waals surface area contributed by atoms with E-state index in [1.54, 1.807) is 19.3 Å². The molecule has 0 aliphatic carbocycles. The lowest BCUT2D eigenvalue weighted by Crippen LogP contribution is -2.31. The minimum Gasteiger partial charge on any atom is -0.312 e. The highest BCUT2D eigenvalue weighted by Gasteiger charge is 2.06. The van der Waals surface area contributed by atoms with Crippen LogP contribution < -0.4 is 10.0 Å². The van der Waals surface area contributed by atoms with Crippen LogP contribution in [0.3, 0.4) is 0 Å². The van der Waals surface area contributed by atoms with Crippen molar-refractivity contribution < 1.29 is 8.42 Å². The van der Waals surface area contributed by atoms with Crippen LogP contribution >= 0.6 is 0 Å². The highest BCUT2D eigenvalue weighted by Crippen LogP contribution is 1.94. The highest BCUT2D eigenvalue weighted by molar-refractivity contribution is 7.89. The van der Waals surface area contributed by atoms with E-state index in [2.05, 4.69) is 15.0 Å². The molecule has 1 heterocycles. The van der Waals surface area contributed by atoms with Crippen molar-refractivity contribution in [2.24, 2.45) is 0 Å². The van der Waals surface area contributed by atoms with E-state index in [1.165, 1.54) is 0 Å². The molecule has 0 aliphatic heterocycles. The molecule has 16 heavy (non-hydrogen) atoms. The topological polar surface area (TPSA) is 71.1 Å². The number of nitrogens with zero attached hydrogens (tertiary/aromatic N) is 1. The molecule has 0 bridgehead atoms. The summed E-state index contributed by atoms with van der Waals surface area (Å²) in [5, 5.41) is 3.07. The van der Waals surface area contributed by atoms with Crippen LogP contribution in [0, 0.1) is 0 Å². The van der Waals surface area contributed by atoms with Gasteiger partial charge in [-0.15, -0.1) is 0 Å². The number of sulfonamides is 1. The van der Waals surface area contributed by atoms with E-state index in [9.17, 15) is 8.42 Å². The third-order valence-corrected chi connectivity index (χ3v) is 3.46. The van der Waals surface area contributed by atoms with Gasteiger partial charge in [0.1, 0.15) is 0 Å². The van der Waals surface area contributed by atoms with Gasteiger partial charge in [0.15, 0.2) is 0 Å². The average Bonchev–Trinajstić information content (AvgIpc) is 2.26. The first-order valence-electron chi connectivity index (χ1n) is 5.21. The summed E-state index contributed by atoms with van der Waals surface area (Å²) in [5.74, 6) is 0.103. The zero-order chi connectivity index (χ0) is 11.9.